The largest absolute Gasteiger partial charge is 0.508 e. The number of halogens is 1. The molecule has 1 fully saturated rings. The number of rotatable bonds is 4. The molecule has 0 bridgehead atoms. The van der Waals surface area contributed by atoms with Crippen LogP contribution in [-0.2, 0) is 11.3 Å². The van der Waals surface area contributed by atoms with E-state index in [1.54, 1.807) is 18.2 Å². The van der Waals surface area contributed by atoms with Gasteiger partial charge in [0.25, 0.3) is 0 Å². The van der Waals surface area contributed by atoms with Gasteiger partial charge in [0.05, 0.1) is 5.41 Å². The van der Waals surface area contributed by atoms with Gasteiger partial charge in [-0.15, -0.1) is 0 Å². The van der Waals surface area contributed by atoms with Gasteiger partial charge in [0.15, 0.2) is 0 Å². The Bertz CT molecular complexity index is 486. The lowest BCUT2D eigenvalue weighted by molar-refractivity contribution is -0.153. The first-order valence-corrected chi connectivity index (χ1v) is 7.28. The van der Waals surface area contributed by atoms with Gasteiger partial charge in [0, 0.05) is 23.7 Å². The van der Waals surface area contributed by atoms with Crippen LogP contribution in [0.25, 0.3) is 0 Å². The van der Waals surface area contributed by atoms with Crippen LogP contribution in [0.5, 0.6) is 5.75 Å². The first-order chi connectivity index (χ1) is 9.48. The summed E-state index contributed by atoms with van der Waals surface area (Å²) in [7, 11) is 0. The second-order valence-corrected chi connectivity index (χ2v) is 5.90. The maximum Gasteiger partial charge on any atom is 0.310 e. The van der Waals surface area contributed by atoms with Crippen molar-refractivity contribution in [2.45, 2.75) is 32.7 Å². The van der Waals surface area contributed by atoms with E-state index in [0.29, 0.717) is 36.5 Å². The van der Waals surface area contributed by atoms with E-state index in [0.717, 1.165) is 13.0 Å². The van der Waals surface area contributed by atoms with Crippen molar-refractivity contribution in [3.8, 4) is 5.75 Å². The van der Waals surface area contributed by atoms with Crippen molar-refractivity contribution in [1.82, 2.24) is 4.90 Å². The first kappa shape index (κ1) is 15.1. The third-order valence-corrected chi connectivity index (χ3v) is 4.62. The lowest BCUT2D eigenvalue weighted by atomic mass is 9.77. The number of phenolic OH excluding ortho intramolecular Hbond substituents is 1. The van der Waals surface area contributed by atoms with Crippen LogP contribution < -0.4 is 0 Å². The standard InChI is InChI=1S/C15H20ClNO3/c1-2-15(14(19)20)7-4-8-17(10-15)9-11-12(16)5-3-6-13(11)18/h3,5-6,18H,2,4,7-10H2,1H3,(H,19,20). The molecule has 1 aliphatic heterocycles. The predicted molar refractivity (Wildman–Crippen MR) is 78.0 cm³/mol. The zero-order chi connectivity index (χ0) is 14.8. The number of hydrogen-bond acceptors (Lipinski definition) is 3. The SMILES string of the molecule is CCC1(C(=O)O)CCCN(Cc2c(O)cccc2Cl)C1. The van der Waals surface area contributed by atoms with Crippen molar-refractivity contribution >= 4 is 17.6 Å². The molecule has 0 saturated carbocycles. The van der Waals surface area contributed by atoms with E-state index in [1.807, 2.05) is 6.92 Å². The number of benzene rings is 1. The van der Waals surface area contributed by atoms with Crippen molar-refractivity contribution < 1.29 is 15.0 Å². The molecule has 0 amide bonds. The number of carboxylic acid groups (broad SMARTS) is 1. The van der Waals surface area contributed by atoms with Crippen molar-refractivity contribution in [1.29, 1.82) is 0 Å². The number of aliphatic carboxylic acids is 1. The summed E-state index contributed by atoms with van der Waals surface area (Å²) in [5.74, 6) is -0.562. The zero-order valence-electron chi connectivity index (χ0n) is 11.6. The molecule has 1 aliphatic rings. The summed E-state index contributed by atoms with van der Waals surface area (Å²) in [6.45, 7) is 3.74. The lowest BCUT2D eigenvalue weighted by Gasteiger charge is -2.39. The molecule has 1 unspecified atom stereocenters. The van der Waals surface area contributed by atoms with Gasteiger partial charge in [-0.1, -0.05) is 24.6 Å². The minimum atomic E-state index is -0.729. The highest BCUT2D eigenvalue weighted by molar-refractivity contribution is 6.31. The number of carbonyl (C=O) groups is 1. The Morgan fingerprint density at radius 2 is 2.25 bits per heavy atom. The summed E-state index contributed by atoms with van der Waals surface area (Å²) in [6, 6.07) is 5.05. The van der Waals surface area contributed by atoms with E-state index in [1.165, 1.54) is 0 Å². The van der Waals surface area contributed by atoms with Crippen LogP contribution in [-0.4, -0.2) is 34.2 Å². The second-order valence-electron chi connectivity index (χ2n) is 5.49. The summed E-state index contributed by atoms with van der Waals surface area (Å²) >= 11 is 6.11. The second kappa shape index (κ2) is 6.02. The Morgan fingerprint density at radius 3 is 2.85 bits per heavy atom. The van der Waals surface area contributed by atoms with Gasteiger partial charge in [-0.3, -0.25) is 9.69 Å². The average Bonchev–Trinajstić information content (AvgIpc) is 2.43. The number of likely N-dealkylation sites (tertiary alicyclic amines) is 1. The molecule has 2 rings (SSSR count). The van der Waals surface area contributed by atoms with Gasteiger partial charge >= 0.3 is 5.97 Å². The van der Waals surface area contributed by atoms with Crippen molar-refractivity contribution in [2.24, 2.45) is 5.41 Å². The highest BCUT2D eigenvalue weighted by Crippen LogP contribution is 2.35. The van der Waals surface area contributed by atoms with Crippen LogP contribution >= 0.6 is 11.6 Å². The van der Waals surface area contributed by atoms with E-state index in [-0.39, 0.29) is 5.75 Å². The Kier molecular flexibility index (Phi) is 4.55. The van der Waals surface area contributed by atoms with Crippen LogP contribution in [0.1, 0.15) is 31.7 Å². The minimum absolute atomic E-state index is 0.167. The molecular weight excluding hydrogens is 278 g/mol. The van der Waals surface area contributed by atoms with Crippen molar-refractivity contribution in [3.63, 3.8) is 0 Å². The number of nitrogens with zero attached hydrogens (tertiary/aromatic N) is 1. The number of aromatic hydroxyl groups is 1. The molecule has 1 aromatic carbocycles. The molecule has 110 valence electrons. The monoisotopic (exact) mass is 297 g/mol. The Labute approximate surface area is 124 Å². The maximum absolute atomic E-state index is 11.5. The number of phenols is 1. The molecular formula is C15H20ClNO3. The maximum atomic E-state index is 11.5. The number of hydrogen-bond donors (Lipinski definition) is 2. The molecule has 1 atom stereocenters. The Hall–Kier alpha value is -1.26. The fourth-order valence-electron chi connectivity index (χ4n) is 2.90. The van der Waals surface area contributed by atoms with E-state index < -0.39 is 11.4 Å². The van der Waals surface area contributed by atoms with Crippen LogP contribution in [0.4, 0.5) is 0 Å². The van der Waals surface area contributed by atoms with Gasteiger partial charge in [0.2, 0.25) is 0 Å². The fourth-order valence-corrected chi connectivity index (χ4v) is 3.13. The van der Waals surface area contributed by atoms with Gasteiger partial charge < -0.3 is 10.2 Å². The van der Waals surface area contributed by atoms with Gasteiger partial charge in [0.1, 0.15) is 5.75 Å². The molecule has 1 heterocycles. The van der Waals surface area contributed by atoms with Gasteiger partial charge in [-0.2, -0.15) is 0 Å². The normalized spacial score (nSPS) is 23.7. The molecule has 1 aromatic rings. The fraction of sp³-hybridized carbons (Fsp3) is 0.533. The minimum Gasteiger partial charge on any atom is -0.508 e. The Morgan fingerprint density at radius 1 is 1.50 bits per heavy atom. The molecule has 1 saturated heterocycles. The quantitative estimate of drug-likeness (QED) is 0.896. The topological polar surface area (TPSA) is 60.8 Å². The third kappa shape index (κ3) is 2.91. The van der Waals surface area contributed by atoms with Crippen molar-refractivity contribution in [3.05, 3.63) is 28.8 Å². The zero-order valence-corrected chi connectivity index (χ0v) is 12.4. The summed E-state index contributed by atoms with van der Waals surface area (Å²) in [6.07, 6.45) is 2.18. The molecule has 0 radical (unpaired) electrons. The lowest BCUT2D eigenvalue weighted by Crippen LogP contribution is -2.47. The molecule has 2 N–H and O–H groups in total. The summed E-state index contributed by atoms with van der Waals surface area (Å²) in [5.41, 5.74) is 0.00114. The number of piperidine rings is 1. The summed E-state index contributed by atoms with van der Waals surface area (Å²) < 4.78 is 0. The highest BCUT2D eigenvalue weighted by atomic mass is 35.5. The Balaban J connectivity index is 2.16. The van der Waals surface area contributed by atoms with Crippen LogP contribution in [0.15, 0.2) is 18.2 Å². The molecule has 0 aliphatic carbocycles. The van der Waals surface area contributed by atoms with Gasteiger partial charge in [-0.05, 0) is 37.9 Å². The van der Waals surface area contributed by atoms with E-state index >= 15 is 0 Å². The summed E-state index contributed by atoms with van der Waals surface area (Å²) in [5, 5.41) is 19.9. The smallest absolute Gasteiger partial charge is 0.310 e. The van der Waals surface area contributed by atoms with Crippen LogP contribution in [0.2, 0.25) is 5.02 Å². The highest BCUT2D eigenvalue weighted by Gasteiger charge is 2.40. The first-order valence-electron chi connectivity index (χ1n) is 6.90. The molecule has 0 spiro atoms. The van der Waals surface area contributed by atoms with Crippen molar-refractivity contribution in [2.75, 3.05) is 13.1 Å². The van der Waals surface area contributed by atoms with Crippen LogP contribution in [0.3, 0.4) is 0 Å². The average molecular weight is 298 g/mol. The van der Waals surface area contributed by atoms with Crippen LogP contribution in [0, 0.1) is 5.41 Å². The van der Waals surface area contributed by atoms with E-state index in [4.69, 9.17) is 11.6 Å². The molecule has 5 heteroatoms. The summed E-state index contributed by atoms with van der Waals surface area (Å²) in [4.78, 5) is 13.6. The molecule has 0 aromatic heterocycles. The van der Waals surface area contributed by atoms with E-state index in [9.17, 15) is 15.0 Å². The van der Waals surface area contributed by atoms with E-state index in [2.05, 4.69) is 4.90 Å². The molecule has 20 heavy (non-hydrogen) atoms. The number of carboxylic acids is 1. The molecule has 4 nitrogen and oxygen atoms in total. The predicted octanol–water partition coefficient (Wildman–Crippen LogP) is 3.12. The van der Waals surface area contributed by atoms with Gasteiger partial charge in [-0.25, -0.2) is 0 Å². The third-order valence-electron chi connectivity index (χ3n) is 4.26.